The second kappa shape index (κ2) is 23.7. The van der Waals surface area contributed by atoms with E-state index < -0.39 is 70.9 Å². The van der Waals surface area contributed by atoms with E-state index in [1.165, 1.54) is 50.2 Å². The molecule has 3 unspecified atom stereocenters. The van der Waals surface area contributed by atoms with Gasteiger partial charge in [0.2, 0.25) is 23.6 Å². The summed E-state index contributed by atoms with van der Waals surface area (Å²) in [5.74, 6) is -3.07. The van der Waals surface area contributed by atoms with E-state index in [0.717, 1.165) is 38.9 Å². The summed E-state index contributed by atoms with van der Waals surface area (Å²) < 4.78 is 15.9. The number of nitro benzene ring substituents is 1. The first-order chi connectivity index (χ1) is 36.3. The molecule has 5 N–H and O–H groups in total. The average Bonchev–Trinajstić information content (AvgIpc) is 3.75. The molecule has 1 aliphatic carbocycles. The molecule has 17 heteroatoms. The molecule has 0 heterocycles. The lowest BCUT2D eigenvalue weighted by Gasteiger charge is -2.37. The minimum absolute atomic E-state index is 0.0238. The van der Waals surface area contributed by atoms with Gasteiger partial charge in [0.1, 0.15) is 42.6 Å². The summed E-state index contributed by atoms with van der Waals surface area (Å²) in [6.45, 7) is 2.63. The monoisotopic (exact) mass is 1010 g/mol. The molecule has 7 aromatic rings. The third-order valence-corrected chi connectivity index (χ3v) is 12.6. The molecule has 0 aromatic heterocycles. The first-order valence-corrected chi connectivity index (χ1v) is 24.0. The van der Waals surface area contributed by atoms with Crippen molar-refractivity contribution in [3.8, 4) is 16.9 Å². The third-order valence-electron chi connectivity index (χ3n) is 12.6. The number of rotatable bonds is 19. The van der Waals surface area contributed by atoms with E-state index in [2.05, 4.69) is 26.6 Å². The molecule has 5 amide bonds. The second-order valence-corrected chi connectivity index (χ2v) is 17.7. The number of carbonyl (C=O) groups excluding carboxylic acids is 6. The van der Waals surface area contributed by atoms with Gasteiger partial charge in [-0.25, -0.2) is 9.59 Å². The number of non-ortho nitro benzene ring substituents is 1. The van der Waals surface area contributed by atoms with Crippen molar-refractivity contribution in [3.05, 3.63) is 232 Å². The Morgan fingerprint density at radius 3 is 1.60 bits per heavy atom. The maximum absolute atomic E-state index is 14.6. The number of ether oxygens (including phenoxy) is 3. The fourth-order valence-corrected chi connectivity index (χ4v) is 8.84. The second-order valence-electron chi connectivity index (χ2n) is 17.7. The van der Waals surface area contributed by atoms with Gasteiger partial charge in [-0.2, -0.15) is 0 Å². The molecule has 0 aliphatic heterocycles. The van der Waals surface area contributed by atoms with E-state index in [1.807, 2.05) is 140 Å². The maximum Gasteiger partial charge on any atom is 0.514 e. The Morgan fingerprint density at radius 1 is 0.573 bits per heavy atom. The number of fused-ring (bicyclic) bond motifs is 3. The van der Waals surface area contributed by atoms with Gasteiger partial charge in [0.25, 0.3) is 5.69 Å². The summed E-state index contributed by atoms with van der Waals surface area (Å²) >= 11 is 0. The van der Waals surface area contributed by atoms with Gasteiger partial charge in [-0.15, -0.1) is 0 Å². The van der Waals surface area contributed by atoms with Crippen LogP contribution in [0, 0.1) is 10.1 Å². The van der Waals surface area contributed by atoms with Crippen molar-refractivity contribution in [1.82, 2.24) is 21.3 Å². The third kappa shape index (κ3) is 12.5. The maximum atomic E-state index is 14.6. The van der Waals surface area contributed by atoms with E-state index in [4.69, 9.17) is 14.2 Å². The SMILES string of the molecule is CC(NC(=O)OCC1c2ccccc2-c2ccccc21)C(=O)NC(C)C(=O)NC(CC(=O)NC(c1ccccc1)(c1ccccc1)c1ccccc1)C(=O)Nc1ccc(COC(=O)Oc2ccc([N+](=O)[O-])cc2)cc1. The van der Waals surface area contributed by atoms with Crippen LogP contribution in [0.3, 0.4) is 0 Å². The van der Waals surface area contributed by atoms with Crippen LogP contribution in [0.2, 0.25) is 0 Å². The largest absolute Gasteiger partial charge is 0.514 e. The van der Waals surface area contributed by atoms with Gasteiger partial charge in [0, 0.05) is 23.7 Å². The van der Waals surface area contributed by atoms with Crippen LogP contribution in [0.4, 0.5) is 21.0 Å². The number of anilines is 1. The number of nitro groups is 1. The van der Waals surface area contributed by atoms with Crippen LogP contribution in [-0.2, 0) is 40.8 Å². The summed E-state index contributed by atoms with van der Waals surface area (Å²) in [6, 6.07) is 51.0. The highest BCUT2D eigenvalue weighted by molar-refractivity contribution is 6.01. The summed E-state index contributed by atoms with van der Waals surface area (Å²) in [7, 11) is 0. The Morgan fingerprint density at radius 2 is 1.07 bits per heavy atom. The normalized spacial score (nSPS) is 12.8. The van der Waals surface area contributed by atoms with Crippen LogP contribution in [0.25, 0.3) is 11.1 Å². The molecule has 7 aromatic carbocycles. The van der Waals surface area contributed by atoms with Gasteiger partial charge < -0.3 is 40.8 Å². The fourth-order valence-electron chi connectivity index (χ4n) is 8.84. The number of amides is 5. The van der Waals surface area contributed by atoms with Crippen LogP contribution in [0.5, 0.6) is 5.75 Å². The molecular weight excluding hydrogens is 957 g/mol. The Hall–Kier alpha value is -9.64. The predicted octanol–water partition coefficient (Wildman–Crippen LogP) is 8.66. The van der Waals surface area contributed by atoms with E-state index in [-0.39, 0.29) is 36.3 Å². The first kappa shape index (κ1) is 51.7. The van der Waals surface area contributed by atoms with E-state index in [0.29, 0.717) is 5.56 Å². The first-order valence-electron chi connectivity index (χ1n) is 24.0. The average molecular weight is 1010 g/mol. The zero-order valence-corrected chi connectivity index (χ0v) is 40.8. The summed E-state index contributed by atoms with van der Waals surface area (Å²) in [5, 5.41) is 24.7. The topological polar surface area (TPSA) is 233 Å². The number of nitrogens with zero attached hydrogens (tertiary/aromatic N) is 1. The molecule has 0 saturated carbocycles. The smallest absolute Gasteiger partial charge is 0.449 e. The van der Waals surface area contributed by atoms with Crippen molar-refractivity contribution in [2.45, 2.75) is 56.5 Å². The molecule has 380 valence electrons. The lowest BCUT2D eigenvalue weighted by atomic mass is 9.77. The van der Waals surface area contributed by atoms with Crippen LogP contribution >= 0.6 is 0 Å². The molecule has 0 saturated heterocycles. The Kier molecular flexibility index (Phi) is 16.4. The van der Waals surface area contributed by atoms with E-state index >= 15 is 0 Å². The summed E-state index contributed by atoms with van der Waals surface area (Å²) in [5.41, 5.74) is 5.67. The van der Waals surface area contributed by atoms with Crippen LogP contribution in [0.15, 0.2) is 188 Å². The zero-order valence-electron chi connectivity index (χ0n) is 40.8. The van der Waals surface area contributed by atoms with Crippen molar-refractivity contribution in [3.63, 3.8) is 0 Å². The number of carbonyl (C=O) groups is 6. The standard InChI is InChI=1S/C58H52N6O11/c1-37(59-53(66)38(2)60-56(69)73-36-50-48-24-14-12-22-46(48)47-23-13-15-25-49(47)50)54(67)62-51(55(68)61-43-28-26-39(27-29-43)35-74-57(70)75-45-32-30-44(31-33-45)64(71)72)34-52(65)63-58(40-16-6-3-7-17-40,41-18-8-4-9-19-41)42-20-10-5-11-21-42/h3-33,37-38,50-51H,34-36H2,1-2H3,(H,59,66)(H,60,69)(H,61,68)(H,62,67)(H,63,65). The zero-order chi connectivity index (χ0) is 52.9. The summed E-state index contributed by atoms with van der Waals surface area (Å²) in [4.78, 5) is 92.1. The lowest BCUT2D eigenvalue weighted by molar-refractivity contribution is -0.384. The quantitative estimate of drug-likeness (QED) is 0.0169. The fraction of sp³-hybridized carbons (Fsp3) is 0.172. The molecule has 0 radical (unpaired) electrons. The predicted molar refractivity (Wildman–Crippen MR) is 278 cm³/mol. The number of hydrogen-bond donors (Lipinski definition) is 5. The van der Waals surface area contributed by atoms with Gasteiger partial charge in [0.05, 0.1) is 11.3 Å². The van der Waals surface area contributed by atoms with Gasteiger partial charge >= 0.3 is 12.2 Å². The van der Waals surface area contributed by atoms with Crippen molar-refractivity contribution < 1.29 is 47.9 Å². The molecule has 3 atom stereocenters. The van der Waals surface area contributed by atoms with Gasteiger partial charge in [0.15, 0.2) is 0 Å². The molecular formula is C58H52N6O11. The number of hydrogen-bond acceptors (Lipinski definition) is 11. The Bertz CT molecular complexity index is 3030. The minimum Gasteiger partial charge on any atom is -0.449 e. The van der Waals surface area contributed by atoms with Crippen molar-refractivity contribution >= 4 is 47.3 Å². The molecule has 0 fully saturated rings. The molecule has 1 aliphatic rings. The molecule has 8 rings (SSSR count). The Labute approximate surface area is 431 Å². The van der Waals surface area contributed by atoms with Gasteiger partial charge in [-0.3, -0.25) is 29.3 Å². The molecule has 75 heavy (non-hydrogen) atoms. The Balaban J connectivity index is 0.944. The van der Waals surface area contributed by atoms with Crippen molar-refractivity contribution in [1.29, 1.82) is 0 Å². The van der Waals surface area contributed by atoms with Gasteiger partial charge in [-0.1, -0.05) is 152 Å². The van der Waals surface area contributed by atoms with E-state index in [1.54, 1.807) is 12.1 Å². The van der Waals surface area contributed by atoms with Crippen LogP contribution in [0.1, 0.15) is 59.6 Å². The summed E-state index contributed by atoms with van der Waals surface area (Å²) in [6.07, 6.45) is -2.45. The minimum atomic E-state index is -1.51. The highest BCUT2D eigenvalue weighted by Gasteiger charge is 2.39. The number of alkyl carbamates (subject to hydrolysis) is 1. The molecule has 17 nitrogen and oxygen atoms in total. The van der Waals surface area contributed by atoms with Crippen molar-refractivity contribution in [2.75, 3.05) is 11.9 Å². The molecule has 0 bridgehead atoms. The van der Waals surface area contributed by atoms with Crippen LogP contribution in [-0.4, -0.2) is 65.5 Å². The van der Waals surface area contributed by atoms with Gasteiger partial charge in [-0.05, 0) is 82.6 Å². The van der Waals surface area contributed by atoms with E-state index in [9.17, 15) is 38.9 Å². The van der Waals surface area contributed by atoms with Crippen LogP contribution < -0.4 is 31.3 Å². The number of nitrogens with one attached hydrogen (secondary N) is 5. The lowest BCUT2D eigenvalue weighted by Crippen LogP contribution is -2.56. The molecule has 0 spiro atoms. The van der Waals surface area contributed by atoms with Crippen molar-refractivity contribution in [2.24, 2.45) is 0 Å². The highest BCUT2D eigenvalue weighted by atomic mass is 16.7. The highest BCUT2D eigenvalue weighted by Crippen LogP contribution is 2.44. The number of benzene rings is 7.